The molecule has 0 saturated heterocycles. The first-order valence-electron chi connectivity index (χ1n) is 8.21. The maximum Gasteiger partial charge on any atom is 0.508 e. The van der Waals surface area contributed by atoms with Gasteiger partial charge in [0.1, 0.15) is 5.75 Å². The van der Waals surface area contributed by atoms with E-state index in [2.05, 4.69) is 26.0 Å². The van der Waals surface area contributed by atoms with Crippen molar-refractivity contribution in [3.8, 4) is 16.9 Å². The first kappa shape index (κ1) is 16.4. The van der Waals surface area contributed by atoms with Crippen LogP contribution in [0.5, 0.6) is 5.75 Å². The zero-order valence-corrected chi connectivity index (χ0v) is 14.5. The van der Waals surface area contributed by atoms with E-state index in [9.17, 15) is 4.79 Å². The van der Waals surface area contributed by atoms with Crippen LogP contribution in [0.2, 0.25) is 0 Å². The van der Waals surface area contributed by atoms with Crippen LogP contribution in [-0.2, 0) is 11.2 Å². The van der Waals surface area contributed by atoms with Gasteiger partial charge in [-0.15, -0.1) is 0 Å². The molecular formula is C20H22O4. The number of rotatable bonds is 4. The molecule has 4 nitrogen and oxygen atoms in total. The highest BCUT2D eigenvalue weighted by Gasteiger charge is 2.28. The summed E-state index contributed by atoms with van der Waals surface area (Å²) in [5.41, 5.74) is 8.34. The average Bonchev–Trinajstić information content (AvgIpc) is 2.94. The van der Waals surface area contributed by atoms with Crippen molar-refractivity contribution in [2.75, 3.05) is 0 Å². The number of fused-ring (bicyclic) bond motifs is 3. The molecule has 3 rings (SSSR count). The van der Waals surface area contributed by atoms with Gasteiger partial charge in [-0.1, -0.05) is 31.2 Å². The molecule has 126 valence electrons. The van der Waals surface area contributed by atoms with Gasteiger partial charge in [0.15, 0.2) is 0 Å². The van der Waals surface area contributed by atoms with Crippen LogP contribution in [0.15, 0.2) is 24.3 Å². The SMILES string of the molecule is CCC(OC(=O)O)Oc1c(C)c(C)c(C)c2c1Cc1ccccc1-2. The minimum atomic E-state index is -1.32. The van der Waals surface area contributed by atoms with E-state index < -0.39 is 12.4 Å². The van der Waals surface area contributed by atoms with Gasteiger partial charge in [-0.05, 0) is 54.2 Å². The smallest absolute Gasteiger partial charge is 0.454 e. The standard InChI is InChI=1S/C20H22O4/c1-5-17(24-20(21)22)23-19-13(4)11(2)12(3)18-15-9-7-6-8-14(15)10-16(18)19/h6-9,17H,5,10H2,1-4H3,(H,21,22). The normalized spacial score (nSPS) is 13.2. The minimum absolute atomic E-state index is 0.459. The highest BCUT2D eigenvalue weighted by Crippen LogP contribution is 2.46. The summed E-state index contributed by atoms with van der Waals surface area (Å²) in [6.45, 7) is 8.09. The van der Waals surface area contributed by atoms with Crippen LogP contribution >= 0.6 is 0 Å². The molecule has 1 aliphatic rings. The summed E-state index contributed by atoms with van der Waals surface area (Å²) in [5.74, 6) is 0.761. The number of hydrogen-bond acceptors (Lipinski definition) is 3. The molecule has 0 radical (unpaired) electrons. The third-order valence-corrected chi connectivity index (χ3v) is 4.89. The van der Waals surface area contributed by atoms with Crippen LogP contribution in [0, 0.1) is 20.8 Å². The van der Waals surface area contributed by atoms with Crippen molar-refractivity contribution in [2.45, 2.75) is 46.8 Å². The molecule has 1 unspecified atom stereocenters. The number of hydrogen-bond donors (Lipinski definition) is 1. The number of carbonyl (C=O) groups is 1. The van der Waals surface area contributed by atoms with Crippen molar-refractivity contribution >= 4 is 6.16 Å². The molecule has 0 heterocycles. The summed E-state index contributed by atoms with van der Waals surface area (Å²) < 4.78 is 10.9. The van der Waals surface area contributed by atoms with Crippen LogP contribution in [0.4, 0.5) is 4.79 Å². The number of ether oxygens (including phenoxy) is 2. The third kappa shape index (κ3) is 2.62. The Morgan fingerprint density at radius 2 is 1.88 bits per heavy atom. The van der Waals surface area contributed by atoms with E-state index in [0.29, 0.717) is 6.42 Å². The highest BCUT2D eigenvalue weighted by atomic mass is 16.8. The van der Waals surface area contributed by atoms with Gasteiger partial charge in [0, 0.05) is 18.4 Å². The van der Waals surface area contributed by atoms with Crippen LogP contribution in [-0.4, -0.2) is 17.6 Å². The molecule has 1 atom stereocenters. The van der Waals surface area contributed by atoms with Crippen LogP contribution in [0.25, 0.3) is 11.1 Å². The van der Waals surface area contributed by atoms with Gasteiger partial charge < -0.3 is 14.6 Å². The van der Waals surface area contributed by atoms with E-state index in [1.165, 1.54) is 27.8 Å². The summed E-state index contributed by atoms with van der Waals surface area (Å²) >= 11 is 0. The van der Waals surface area contributed by atoms with Crippen LogP contribution in [0.1, 0.15) is 41.2 Å². The molecule has 0 amide bonds. The lowest BCUT2D eigenvalue weighted by molar-refractivity contribution is -0.0551. The van der Waals surface area contributed by atoms with E-state index in [1.54, 1.807) is 0 Å². The van der Waals surface area contributed by atoms with Gasteiger partial charge in [-0.3, -0.25) is 0 Å². The predicted molar refractivity (Wildman–Crippen MR) is 92.7 cm³/mol. The fourth-order valence-corrected chi connectivity index (χ4v) is 3.44. The van der Waals surface area contributed by atoms with Gasteiger partial charge >= 0.3 is 6.16 Å². The molecule has 0 aromatic heterocycles. The highest BCUT2D eigenvalue weighted by molar-refractivity contribution is 5.83. The van der Waals surface area contributed by atoms with Crippen molar-refractivity contribution in [1.82, 2.24) is 0 Å². The number of benzene rings is 2. The van der Waals surface area contributed by atoms with Crippen molar-refractivity contribution in [3.63, 3.8) is 0 Å². The quantitative estimate of drug-likeness (QED) is 0.542. The summed E-state index contributed by atoms with van der Waals surface area (Å²) in [4.78, 5) is 10.9. The molecule has 2 aromatic carbocycles. The molecule has 2 aromatic rings. The number of carboxylic acid groups (broad SMARTS) is 1. The van der Waals surface area contributed by atoms with Crippen LogP contribution in [0.3, 0.4) is 0 Å². The Morgan fingerprint density at radius 3 is 2.54 bits per heavy atom. The summed E-state index contributed by atoms with van der Waals surface area (Å²) in [6.07, 6.45) is -0.855. The molecule has 0 bridgehead atoms. The second-order valence-corrected chi connectivity index (χ2v) is 6.23. The lowest BCUT2D eigenvalue weighted by atomic mass is 9.92. The van der Waals surface area contributed by atoms with Crippen molar-refractivity contribution in [3.05, 3.63) is 52.1 Å². The summed E-state index contributed by atoms with van der Waals surface area (Å²) in [6, 6.07) is 8.36. The lowest BCUT2D eigenvalue weighted by Gasteiger charge is -2.23. The molecule has 1 N–H and O–H groups in total. The lowest BCUT2D eigenvalue weighted by Crippen LogP contribution is -2.23. The van der Waals surface area contributed by atoms with Gasteiger partial charge in [0.05, 0.1) is 0 Å². The Hall–Kier alpha value is -2.49. The van der Waals surface area contributed by atoms with Crippen molar-refractivity contribution in [1.29, 1.82) is 0 Å². The van der Waals surface area contributed by atoms with Gasteiger partial charge in [-0.2, -0.15) is 0 Å². The minimum Gasteiger partial charge on any atom is -0.454 e. The zero-order chi connectivity index (χ0) is 17.4. The van der Waals surface area contributed by atoms with E-state index in [4.69, 9.17) is 14.6 Å². The van der Waals surface area contributed by atoms with Gasteiger partial charge in [0.25, 0.3) is 0 Å². The third-order valence-electron chi connectivity index (χ3n) is 4.89. The monoisotopic (exact) mass is 326 g/mol. The second kappa shape index (κ2) is 6.19. The maximum absolute atomic E-state index is 10.9. The Balaban J connectivity index is 2.12. The van der Waals surface area contributed by atoms with Gasteiger partial charge in [-0.25, -0.2) is 4.79 Å². The fraction of sp³-hybridized carbons (Fsp3) is 0.350. The Bertz CT molecular complexity index is 808. The predicted octanol–water partition coefficient (Wildman–Crippen LogP) is 4.99. The molecule has 4 heteroatoms. The molecule has 0 fully saturated rings. The summed E-state index contributed by atoms with van der Waals surface area (Å²) in [7, 11) is 0. The maximum atomic E-state index is 10.9. The fourth-order valence-electron chi connectivity index (χ4n) is 3.44. The molecule has 24 heavy (non-hydrogen) atoms. The summed E-state index contributed by atoms with van der Waals surface area (Å²) in [5, 5.41) is 8.89. The topological polar surface area (TPSA) is 55.8 Å². The van der Waals surface area contributed by atoms with Crippen LogP contribution < -0.4 is 4.74 Å². The van der Waals surface area contributed by atoms with Crippen molar-refractivity contribution < 1.29 is 19.4 Å². The molecule has 0 spiro atoms. The van der Waals surface area contributed by atoms with E-state index in [1.807, 2.05) is 26.0 Å². The van der Waals surface area contributed by atoms with E-state index >= 15 is 0 Å². The second-order valence-electron chi connectivity index (χ2n) is 6.23. The molecule has 0 aliphatic heterocycles. The molecule has 0 saturated carbocycles. The largest absolute Gasteiger partial charge is 0.508 e. The average molecular weight is 326 g/mol. The first-order valence-corrected chi connectivity index (χ1v) is 8.21. The van der Waals surface area contributed by atoms with Gasteiger partial charge in [0.2, 0.25) is 6.29 Å². The molecular weight excluding hydrogens is 304 g/mol. The first-order chi connectivity index (χ1) is 11.4. The Kier molecular flexibility index (Phi) is 4.22. The van der Waals surface area contributed by atoms with E-state index in [0.717, 1.165) is 23.3 Å². The Morgan fingerprint density at radius 1 is 1.17 bits per heavy atom. The van der Waals surface area contributed by atoms with E-state index in [-0.39, 0.29) is 0 Å². The van der Waals surface area contributed by atoms with Crippen molar-refractivity contribution in [2.24, 2.45) is 0 Å². The molecule has 1 aliphatic carbocycles. The Labute approximate surface area is 142 Å². The zero-order valence-electron chi connectivity index (χ0n) is 14.5.